The lowest BCUT2D eigenvalue weighted by Gasteiger charge is -2.28. The highest BCUT2D eigenvalue weighted by atomic mass is 15.2. The number of hydrogen-bond donors (Lipinski definition) is 2. The predicted molar refractivity (Wildman–Crippen MR) is 91.2 cm³/mol. The molecule has 0 radical (unpaired) electrons. The van der Waals surface area contributed by atoms with Gasteiger partial charge in [0.1, 0.15) is 5.82 Å². The molecule has 2 aliphatic rings. The van der Waals surface area contributed by atoms with Gasteiger partial charge in [-0.15, -0.1) is 0 Å². The summed E-state index contributed by atoms with van der Waals surface area (Å²) in [6.45, 7) is 5.31. The molecule has 0 amide bonds. The average Bonchev–Trinajstić information content (AvgIpc) is 3.27. The second-order valence-corrected chi connectivity index (χ2v) is 6.46. The number of aliphatic imine (C=N–C) groups is 1. The standard InChI is InChI=1S/C17H27N5/c1-13-10-15(13)21-17(18-2)20-12-14-6-7-19-16(11-14)22-8-4-3-5-9-22/h6-7,11,13,15H,3-5,8-10,12H2,1-2H3,(H2,18,20,21). The summed E-state index contributed by atoms with van der Waals surface area (Å²) in [5, 5.41) is 6.85. The van der Waals surface area contributed by atoms with E-state index in [4.69, 9.17) is 0 Å². The Bertz CT molecular complexity index is 522. The molecule has 120 valence electrons. The number of nitrogens with one attached hydrogen (secondary N) is 2. The number of hydrogen-bond acceptors (Lipinski definition) is 3. The van der Waals surface area contributed by atoms with Crippen molar-refractivity contribution in [2.24, 2.45) is 10.9 Å². The lowest BCUT2D eigenvalue weighted by atomic mass is 10.1. The normalized spacial score (nSPS) is 25.0. The number of anilines is 1. The molecule has 2 unspecified atom stereocenters. The molecule has 2 heterocycles. The second-order valence-electron chi connectivity index (χ2n) is 6.46. The first-order chi connectivity index (χ1) is 10.8. The van der Waals surface area contributed by atoms with Crippen LogP contribution in [-0.2, 0) is 6.54 Å². The minimum atomic E-state index is 0.590. The Hall–Kier alpha value is -1.78. The fourth-order valence-corrected chi connectivity index (χ4v) is 2.95. The molecule has 0 spiro atoms. The maximum Gasteiger partial charge on any atom is 0.191 e. The van der Waals surface area contributed by atoms with Gasteiger partial charge in [0.2, 0.25) is 0 Å². The lowest BCUT2D eigenvalue weighted by Crippen LogP contribution is -2.38. The highest BCUT2D eigenvalue weighted by Gasteiger charge is 2.33. The summed E-state index contributed by atoms with van der Waals surface area (Å²) in [4.78, 5) is 11.2. The van der Waals surface area contributed by atoms with Crippen LogP contribution in [0.5, 0.6) is 0 Å². The van der Waals surface area contributed by atoms with Crippen molar-refractivity contribution in [3.63, 3.8) is 0 Å². The van der Waals surface area contributed by atoms with Crippen molar-refractivity contribution in [1.29, 1.82) is 0 Å². The molecule has 1 saturated carbocycles. The van der Waals surface area contributed by atoms with Crippen LogP contribution in [0.25, 0.3) is 0 Å². The summed E-state index contributed by atoms with van der Waals surface area (Å²) >= 11 is 0. The largest absolute Gasteiger partial charge is 0.357 e. The van der Waals surface area contributed by atoms with Gasteiger partial charge < -0.3 is 15.5 Å². The molecule has 1 aliphatic carbocycles. The molecular weight excluding hydrogens is 274 g/mol. The molecule has 0 bridgehead atoms. The van der Waals surface area contributed by atoms with E-state index in [0.717, 1.165) is 37.3 Å². The van der Waals surface area contributed by atoms with Gasteiger partial charge in [-0.25, -0.2) is 4.98 Å². The van der Waals surface area contributed by atoms with Crippen LogP contribution < -0.4 is 15.5 Å². The molecule has 22 heavy (non-hydrogen) atoms. The zero-order chi connectivity index (χ0) is 15.4. The number of rotatable bonds is 4. The van der Waals surface area contributed by atoms with E-state index in [1.54, 1.807) is 0 Å². The number of nitrogens with zero attached hydrogens (tertiary/aromatic N) is 3. The summed E-state index contributed by atoms with van der Waals surface area (Å²) in [5.74, 6) is 2.77. The van der Waals surface area contributed by atoms with Crippen molar-refractivity contribution in [2.75, 3.05) is 25.0 Å². The van der Waals surface area contributed by atoms with Crippen LogP contribution in [0, 0.1) is 5.92 Å². The van der Waals surface area contributed by atoms with Gasteiger partial charge in [-0.05, 0) is 49.3 Å². The van der Waals surface area contributed by atoms with E-state index in [1.165, 1.54) is 31.2 Å². The zero-order valence-electron chi connectivity index (χ0n) is 13.7. The van der Waals surface area contributed by atoms with E-state index in [2.05, 4.69) is 44.6 Å². The first-order valence-electron chi connectivity index (χ1n) is 8.43. The van der Waals surface area contributed by atoms with Crippen LogP contribution in [0.2, 0.25) is 0 Å². The molecular formula is C17H27N5. The van der Waals surface area contributed by atoms with Gasteiger partial charge >= 0.3 is 0 Å². The Morgan fingerprint density at radius 2 is 2.14 bits per heavy atom. The van der Waals surface area contributed by atoms with Gasteiger partial charge in [-0.3, -0.25) is 4.99 Å². The van der Waals surface area contributed by atoms with Crippen molar-refractivity contribution in [1.82, 2.24) is 15.6 Å². The number of guanidine groups is 1. The molecule has 5 heteroatoms. The fraction of sp³-hybridized carbons (Fsp3) is 0.647. The Morgan fingerprint density at radius 3 is 2.82 bits per heavy atom. The topological polar surface area (TPSA) is 52.6 Å². The molecule has 1 aromatic rings. The zero-order valence-corrected chi connectivity index (χ0v) is 13.7. The Labute approximate surface area is 133 Å². The Kier molecular flexibility index (Phi) is 4.80. The molecule has 0 aromatic carbocycles. The van der Waals surface area contributed by atoms with Gasteiger partial charge in [0.15, 0.2) is 5.96 Å². The van der Waals surface area contributed by atoms with E-state index in [0.29, 0.717) is 6.04 Å². The fourth-order valence-electron chi connectivity index (χ4n) is 2.95. The second kappa shape index (κ2) is 6.99. The molecule has 3 rings (SSSR count). The van der Waals surface area contributed by atoms with Crippen molar-refractivity contribution in [2.45, 2.75) is 45.2 Å². The molecule has 1 aliphatic heterocycles. The van der Waals surface area contributed by atoms with Crippen molar-refractivity contribution in [3.05, 3.63) is 23.9 Å². The summed E-state index contributed by atoms with van der Waals surface area (Å²) in [5.41, 5.74) is 1.25. The van der Waals surface area contributed by atoms with Gasteiger partial charge in [-0.1, -0.05) is 6.92 Å². The minimum absolute atomic E-state index is 0.590. The van der Waals surface area contributed by atoms with E-state index >= 15 is 0 Å². The average molecular weight is 301 g/mol. The van der Waals surface area contributed by atoms with Gasteiger partial charge in [0.25, 0.3) is 0 Å². The molecule has 5 nitrogen and oxygen atoms in total. The van der Waals surface area contributed by atoms with Crippen LogP contribution >= 0.6 is 0 Å². The quantitative estimate of drug-likeness (QED) is 0.661. The van der Waals surface area contributed by atoms with Crippen LogP contribution in [0.15, 0.2) is 23.3 Å². The molecule has 2 N–H and O–H groups in total. The molecule has 2 atom stereocenters. The van der Waals surface area contributed by atoms with Crippen molar-refractivity contribution >= 4 is 11.8 Å². The Morgan fingerprint density at radius 1 is 1.36 bits per heavy atom. The number of pyridine rings is 1. The third kappa shape index (κ3) is 3.90. The predicted octanol–water partition coefficient (Wildman–Crippen LogP) is 2.15. The van der Waals surface area contributed by atoms with Gasteiger partial charge in [0, 0.05) is 38.9 Å². The van der Waals surface area contributed by atoms with E-state index in [9.17, 15) is 0 Å². The molecule has 1 aromatic heterocycles. The van der Waals surface area contributed by atoms with Crippen LogP contribution in [0.3, 0.4) is 0 Å². The minimum Gasteiger partial charge on any atom is -0.357 e. The smallest absolute Gasteiger partial charge is 0.191 e. The SMILES string of the molecule is CN=C(NCc1ccnc(N2CCCCC2)c1)NC1CC1C. The van der Waals surface area contributed by atoms with E-state index < -0.39 is 0 Å². The number of aromatic nitrogens is 1. The maximum absolute atomic E-state index is 4.53. The summed E-state index contributed by atoms with van der Waals surface area (Å²) in [6.07, 6.45) is 7.06. The van der Waals surface area contributed by atoms with E-state index in [-0.39, 0.29) is 0 Å². The van der Waals surface area contributed by atoms with Crippen LogP contribution in [0.4, 0.5) is 5.82 Å². The highest BCUT2D eigenvalue weighted by Crippen LogP contribution is 2.28. The third-order valence-corrected chi connectivity index (χ3v) is 4.61. The van der Waals surface area contributed by atoms with Gasteiger partial charge in [-0.2, -0.15) is 0 Å². The molecule has 1 saturated heterocycles. The van der Waals surface area contributed by atoms with Crippen molar-refractivity contribution in [3.8, 4) is 0 Å². The monoisotopic (exact) mass is 301 g/mol. The first kappa shape index (κ1) is 15.1. The number of piperidine rings is 1. The summed E-state index contributed by atoms with van der Waals surface area (Å²) in [7, 11) is 1.83. The lowest BCUT2D eigenvalue weighted by molar-refractivity contribution is 0.573. The van der Waals surface area contributed by atoms with Crippen LogP contribution in [0.1, 0.15) is 38.2 Å². The molecule has 2 fully saturated rings. The van der Waals surface area contributed by atoms with Crippen LogP contribution in [-0.4, -0.2) is 37.1 Å². The summed E-state index contributed by atoms with van der Waals surface area (Å²) in [6, 6.07) is 4.87. The van der Waals surface area contributed by atoms with Crippen molar-refractivity contribution < 1.29 is 0 Å². The van der Waals surface area contributed by atoms with Gasteiger partial charge in [0.05, 0.1) is 0 Å². The maximum atomic E-state index is 4.53. The first-order valence-corrected chi connectivity index (χ1v) is 8.43. The Balaban J connectivity index is 1.55. The highest BCUT2D eigenvalue weighted by molar-refractivity contribution is 5.80. The third-order valence-electron chi connectivity index (χ3n) is 4.61. The summed E-state index contributed by atoms with van der Waals surface area (Å²) < 4.78 is 0. The van der Waals surface area contributed by atoms with E-state index in [1.807, 2.05) is 13.2 Å².